The lowest BCUT2D eigenvalue weighted by atomic mass is 9.98. The van der Waals surface area contributed by atoms with Gasteiger partial charge in [0.2, 0.25) is 52.3 Å². The molecule has 0 radical (unpaired) electrons. The van der Waals surface area contributed by atoms with E-state index in [1.54, 1.807) is 13.8 Å². The second kappa shape index (κ2) is 18.1. The zero-order valence-electron chi connectivity index (χ0n) is 29.6. The number of fused-ring (bicyclic) bond motifs is 3. The lowest BCUT2D eigenvalue weighted by molar-refractivity contribution is -0.142. The number of primary amides is 2. The van der Waals surface area contributed by atoms with Crippen LogP contribution in [0.3, 0.4) is 0 Å². The monoisotopic (exact) mass is 775 g/mol. The number of aryl methyl sites for hydroxylation is 1. The summed E-state index contributed by atoms with van der Waals surface area (Å²) in [5.41, 5.74) is 11.5. The van der Waals surface area contributed by atoms with E-state index in [1.807, 2.05) is 0 Å². The average molecular weight is 776 g/mol. The van der Waals surface area contributed by atoms with Crippen LogP contribution < -0.4 is 38.1 Å². The summed E-state index contributed by atoms with van der Waals surface area (Å²) in [6, 6.07) is -1.48. The number of aromatic hydroxyl groups is 1. The van der Waals surface area contributed by atoms with Gasteiger partial charge in [-0.1, -0.05) is 20.3 Å². The molecule has 12 N–H and O–H groups in total. The van der Waals surface area contributed by atoms with Crippen molar-refractivity contribution in [2.75, 3.05) is 25.4 Å². The highest BCUT2D eigenvalue weighted by Gasteiger charge is 2.42. The number of benzene rings is 1. The number of nitrogens with two attached hydrogens (primary N) is 2. The van der Waals surface area contributed by atoms with E-state index in [-0.39, 0.29) is 36.6 Å². The number of aromatic amines is 1. The molecule has 0 bridgehead atoms. The van der Waals surface area contributed by atoms with E-state index in [0.29, 0.717) is 22.9 Å². The maximum Gasteiger partial charge on any atom is 0.248 e. The van der Waals surface area contributed by atoms with E-state index >= 15 is 0 Å². The third-order valence-electron chi connectivity index (χ3n) is 9.24. The molecule has 21 heteroatoms. The number of aliphatic hydroxyl groups excluding tert-OH is 1. The number of nitrogens with one attached hydrogen (secondary N) is 6. The lowest BCUT2D eigenvalue weighted by Gasteiger charge is -2.28. The van der Waals surface area contributed by atoms with Gasteiger partial charge >= 0.3 is 0 Å². The molecule has 3 heterocycles. The van der Waals surface area contributed by atoms with Crippen LogP contribution in [-0.2, 0) is 56.0 Å². The van der Waals surface area contributed by atoms with Gasteiger partial charge in [-0.25, -0.2) is 0 Å². The van der Waals surface area contributed by atoms with E-state index in [2.05, 4.69) is 31.6 Å². The van der Waals surface area contributed by atoms with E-state index in [4.69, 9.17) is 11.5 Å². The molecular weight excluding hydrogens is 730 g/mol. The van der Waals surface area contributed by atoms with Gasteiger partial charge in [0.15, 0.2) is 6.04 Å². The highest BCUT2D eigenvalue weighted by Crippen LogP contribution is 2.30. The normalized spacial score (nSPS) is 24.4. The summed E-state index contributed by atoms with van der Waals surface area (Å²) < 4.78 is 14.1. The third kappa shape index (κ3) is 10.4. The van der Waals surface area contributed by atoms with Crippen molar-refractivity contribution in [1.82, 2.24) is 36.5 Å². The van der Waals surface area contributed by atoms with Gasteiger partial charge in [0.1, 0.15) is 29.6 Å². The number of phenols is 1. The second-order valence-corrected chi connectivity index (χ2v) is 14.7. The van der Waals surface area contributed by atoms with Crippen LogP contribution in [0.4, 0.5) is 0 Å². The van der Waals surface area contributed by atoms with Crippen LogP contribution in [0.5, 0.6) is 5.75 Å². The van der Waals surface area contributed by atoms with Crippen molar-refractivity contribution >= 4 is 69.3 Å². The Morgan fingerprint density at radius 3 is 2.39 bits per heavy atom. The minimum Gasteiger partial charge on any atom is -0.610 e. The van der Waals surface area contributed by atoms with Crippen LogP contribution in [0.2, 0.25) is 0 Å². The number of amides is 8. The highest BCUT2D eigenvalue weighted by atomic mass is 32.2. The summed E-state index contributed by atoms with van der Waals surface area (Å²) in [7, 11) is 0. The Bertz CT molecular complexity index is 1800. The Morgan fingerprint density at radius 2 is 1.72 bits per heavy atom. The van der Waals surface area contributed by atoms with Crippen LogP contribution in [0.25, 0.3) is 10.9 Å². The molecule has 2 aromatic rings. The summed E-state index contributed by atoms with van der Waals surface area (Å²) in [6.45, 7) is 1.99. The molecule has 1 unspecified atom stereocenters. The molecule has 1 fully saturated rings. The Balaban J connectivity index is 1.70. The van der Waals surface area contributed by atoms with Crippen LogP contribution in [0.1, 0.15) is 45.1 Å². The van der Waals surface area contributed by atoms with Gasteiger partial charge in [-0.15, -0.1) is 0 Å². The Labute approximate surface area is 312 Å². The number of β-amino-alcohol motifs (C(OH)–C–C–N with tert-alkyl or cyclic N) is 1. The van der Waals surface area contributed by atoms with Crippen LogP contribution >= 0.6 is 0 Å². The minimum absolute atomic E-state index is 0.0155. The van der Waals surface area contributed by atoms with Crippen molar-refractivity contribution in [3.8, 4) is 5.75 Å². The van der Waals surface area contributed by atoms with Gasteiger partial charge in [0.25, 0.3) is 0 Å². The number of phenolic OH excluding ortho intramolecular Hbond substituents is 1. The van der Waals surface area contributed by atoms with Gasteiger partial charge in [-0.2, -0.15) is 0 Å². The van der Waals surface area contributed by atoms with Gasteiger partial charge in [0, 0.05) is 47.6 Å². The second-order valence-electron chi connectivity index (χ2n) is 13.3. The SMILES string of the molecule is CC[C@H](C)[C@@H]1NC(=O)CNC(=O)CCc2c([nH]c3cc(O)ccc23)[S@+]([O-])CC(C(=O)N[C@@H](CC(N)=O)C(=O)N2C[C@H](O)C[C@H]2C(N)=O)NC(=O)CNC1=O. The van der Waals surface area contributed by atoms with E-state index in [1.165, 1.54) is 18.2 Å². The maximum absolute atomic E-state index is 14.1. The first-order valence-electron chi connectivity index (χ1n) is 17.2. The van der Waals surface area contributed by atoms with Crippen molar-refractivity contribution in [3.05, 3.63) is 23.8 Å². The van der Waals surface area contributed by atoms with Crippen molar-refractivity contribution in [3.63, 3.8) is 0 Å². The van der Waals surface area contributed by atoms with Crippen molar-refractivity contribution in [2.45, 2.75) is 81.2 Å². The Hall–Kier alpha value is -5.41. The fourth-order valence-corrected chi connectivity index (χ4v) is 7.65. The maximum atomic E-state index is 14.1. The molecule has 20 nitrogen and oxygen atoms in total. The molecule has 8 amide bonds. The van der Waals surface area contributed by atoms with E-state index in [0.717, 1.165) is 4.90 Å². The zero-order chi connectivity index (χ0) is 39.9. The molecule has 0 aliphatic carbocycles. The molecule has 1 saturated heterocycles. The standard InChI is InChI=1S/C33H45N9O11S/c1-3-15(2)28-31(51)37-12-26(47)38-22(30(50)39-21(10-24(34)45)33(52)42-13-17(44)9-23(42)29(35)49)14-54(53)32-19(6-7-25(46)36-11-27(48)41-28)18-5-4-16(43)8-20(18)40-32/h4-5,8,15,17,21-23,28,40,43-44H,3,6-7,9-14H2,1-2H3,(H2,34,45)(H2,35,49)(H,36,46)(H,37,51)(H,38,47)(H,39,50)(H,41,48)/t15-,17+,21-,22?,23-,28-,54+/m0/s1. The summed E-state index contributed by atoms with van der Waals surface area (Å²) in [5.74, 6) is -8.08. The topological polar surface area (TPSA) is 331 Å². The van der Waals surface area contributed by atoms with Crippen molar-refractivity contribution in [1.29, 1.82) is 0 Å². The third-order valence-corrected chi connectivity index (χ3v) is 10.7. The van der Waals surface area contributed by atoms with Crippen LogP contribution in [0, 0.1) is 5.92 Å². The molecule has 1 aromatic carbocycles. The van der Waals surface area contributed by atoms with E-state index in [9.17, 15) is 53.1 Å². The highest BCUT2D eigenvalue weighted by molar-refractivity contribution is 7.91. The Kier molecular flexibility index (Phi) is 13.8. The molecule has 2 aliphatic heterocycles. The molecule has 0 saturated carbocycles. The molecule has 294 valence electrons. The van der Waals surface area contributed by atoms with Gasteiger partial charge in [-0.3, -0.25) is 38.4 Å². The summed E-state index contributed by atoms with van der Waals surface area (Å²) in [5, 5.41) is 33.0. The quantitative estimate of drug-likeness (QED) is 0.115. The summed E-state index contributed by atoms with van der Waals surface area (Å²) in [6.07, 6.45) is -1.81. The molecule has 54 heavy (non-hydrogen) atoms. The number of carbonyl (C=O) groups is 8. The first-order valence-corrected chi connectivity index (χ1v) is 18.5. The zero-order valence-corrected chi connectivity index (χ0v) is 30.5. The molecule has 1 aromatic heterocycles. The number of likely N-dealkylation sites (tertiary alicyclic amines) is 1. The average Bonchev–Trinajstić information content (AvgIpc) is 3.69. The molecule has 7 atom stereocenters. The number of rotatable bonds is 8. The number of aromatic nitrogens is 1. The number of nitrogens with zero attached hydrogens (tertiary/aromatic N) is 1. The predicted molar refractivity (Wildman–Crippen MR) is 190 cm³/mol. The fraction of sp³-hybridized carbons (Fsp3) is 0.515. The minimum atomic E-state index is -2.17. The number of hydrogen-bond acceptors (Lipinski definition) is 11. The number of H-pyrrole nitrogens is 1. The molecule has 4 rings (SSSR count). The first-order chi connectivity index (χ1) is 25.5. The summed E-state index contributed by atoms with van der Waals surface area (Å²) in [4.78, 5) is 107. The molecule has 0 spiro atoms. The smallest absolute Gasteiger partial charge is 0.248 e. The number of hydrogen-bond donors (Lipinski definition) is 10. The van der Waals surface area contributed by atoms with Gasteiger partial charge < -0.3 is 62.7 Å². The fourth-order valence-electron chi connectivity index (χ4n) is 6.23. The van der Waals surface area contributed by atoms with Crippen molar-refractivity contribution < 1.29 is 53.1 Å². The summed E-state index contributed by atoms with van der Waals surface area (Å²) >= 11 is -2.17. The Morgan fingerprint density at radius 1 is 1.04 bits per heavy atom. The number of carbonyl (C=O) groups excluding carboxylic acids is 8. The van der Waals surface area contributed by atoms with Gasteiger partial charge in [-0.05, 0) is 24.5 Å². The van der Waals surface area contributed by atoms with Gasteiger partial charge in [0.05, 0.1) is 31.1 Å². The van der Waals surface area contributed by atoms with Crippen molar-refractivity contribution in [2.24, 2.45) is 17.4 Å². The number of aliphatic hydroxyl groups is 1. The van der Waals surface area contributed by atoms with E-state index < -0.39 is 120 Å². The predicted octanol–water partition coefficient (Wildman–Crippen LogP) is -4.02. The molecular formula is C33H45N9O11S. The first kappa shape index (κ1) is 41.3. The largest absolute Gasteiger partial charge is 0.610 e. The van der Waals surface area contributed by atoms with Crippen LogP contribution in [0.15, 0.2) is 23.2 Å². The lowest BCUT2D eigenvalue weighted by Crippen LogP contribution is -2.59. The van der Waals surface area contributed by atoms with Crippen LogP contribution in [-0.4, -0.2) is 128 Å². The molecule has 2 aliphatic rings.